The summed E-state index contributed by atoms with van der Waals surface area (Å²) in [6, 6.07) is 26.1. The number of pyridine rings is 1. The number of furan rings is 1. The SMILES string of the molecule is CC(C)c1cccc(C(C)C)c1-n1c(-c2cccc3c2oc2nc(C(C)C4CCCC4)ccc23)nc2ccccc21. The molecule has 41 heavy (non-hydrogen) atoms. The highest BCUT2D eigenvalue weighted by atomic mass is 16.3. The van der Waals surface area contributed by atoms with E-state index >= 15 is 0 Å². The lowest BCUT2D eigenvalue weighted by Gasteiger charge is -2.22. The third-order valence-electron chi connectivity index (χ3n) is 9.33. The average molecular weight is 542 g/mol. The van der Waals surface area contributed by atoms with E-state index in [1.807, 2.05) is 0 Å². The van der Waals surface area contributed by atoms with E-state index in [0.29, 0.717) is 17.8 Å². The normalized spacial score (nSPS) is 15.3. The van der Waals surface area contributed by atoms with Gasteiger partial charge < -0.3 is 4.42 Å². The molecule has 208 valence electrons. The zero-order chi connectivity index (χ0) is 28.2. The van der Waals surface area contributed by atoms with Crippen LogP contribution < -0.4 is 0 Å². The van der Waals surface area contributed by atoms with Crippen LogP contribution in [-0.2, 0) is 0 Å². The van der Waals surface area contributed by atoms with E-state index in [0.717, 1.165) is 56.1 Å². The summed E-state index contributed by atoms with van der Waals surface area (Å²) in [5, 5.41) is 2.15. The summed E-state index contributed by atoms with van der Waals surface area (Å²) in [5.74, 6) is 2.80. The predicted molar refractivity (Wildman–Crippen MR) is 170 cm³/mol. The molecule has 1 fully saturated rings. The third-order valence-corrected chi connectivity index (χ3v) is 9.33. The van der Waals surface area contributed by atoms with Crippen molar-refractivity contribution in [3.63, 3.8) is 0 Å². The average Bonchev–Trinajstić information content (AvgIpc) is 3.73. The van der Waals surface area contributed by atoms with Crippen molar-refractivity contribution in [2.45, 2.75) is 78.1 Å². The molecule has 1 unspecified atom stereocenters. The summed E-state index contributed by atoms with van der Waals surface area (Å²) in [5.41, 5.74) is 9.69. The molecule has 4 nitrogen and oxygen atoms in total. The van der Waals surface area contributed by atoms with Crippen molar-refractivity contribution in [3.8, 4) is 17.1 Å². The van der Waals surface area contributed by atoms with Crippen LogP contribution >= 0.6 is 0 Å². The molecule has 3 aromatic carbocycles. The number of nitrogens with zero attached hydrogens (tertiary/aromatic N) is 3. The maximum Gasteiger partial charge on any atom is 0.227 e. The van der Waals surface area contributed by atoms with Gasteiger partial charge in [-0.2, -0.15) is 0 Å². The molecule has 0 aliphatic heterocycles. The molecule has 0 bridgehead atoms. The Kier molecular flexibility index (Phi) is 6.45. The first-order valence-corrected chi connectivity index (χ1v) is 15.4. The van der Waals surface area contributed by atoms with E-state index in [-0.39, 0.29) is 0 Å². The second kappa shape index (κ2) is 10.2. The fourth-order valence-electron chi connectivity index (χ4n) is 7.02. The second-order valence-electron chi connectivity index (χ2n) is 12.6. The van der Waals surface area contributed by atoms with E-state index in [4.69, 9.17) is 14.4 Å². The van der Waals surface area contributed by atoms with Crippen LogP contribution in [0, 0.1) is 5.92 Å². The smallest absolute Gasteiger partial charge is 0.227 e. The third kappa shape index (κ3) is 4.27. The van der Waals surface area contributed by atoms with Crippen LogP contribution in [0.2, 0.25) is 0 Å². The monoisotopic (exact) mass is 541 g/mol. The number of aromatic nitrogens is 3. The summed E-state index contributed by atoms with van der Waals surface area (Å²) in [7, 11) is 0. The molecule has 6 aromatic rings. The minimum Gasteiger partial charge on any atom is -0.437 e. The van der Waals surface area contributed by atoms with Crippen molar-refractivity contribution in [1.82, 2.24) is 14.5 Å². The molecule has 0 saturated heterocycles. The van der Waals surface area contributed by atoms with Gasteiger partial charge in [-0.1, -0.05) is 89.9 Å². The Bertz CT molecular complexity index is 1860. The first-order valence-electron chi connectivity index (χ1n) is 15.4. The predicted octanol–water partition coefficient (Wildman–Crippen LogP) is 10.5. The highest BCUT2D eigenvalue weighted by Crippen LogP contribution is 2.42. The van der Waals surface area contributed by atoms with Gasteiger partial charge in [-0.05, 0) is 72.1 Å². The highest BCUT2D eigenvalue weighted by Gasteiger charge is 2.26. The molecule has 4 heteroatoms. The largest absolute Gasteiger partial charge is 0.437 e. The second-order valence-corrected chi connectivity index (χ2v) is 12.6. The standard InChI is InChI=1S/C37H39N3O/c1-22(2)26-14-10-15-27(23(3)4)34(26)40-33-19-9-8-18-32(33)38-36(40)30-17-11-16-28-29-20-21-31(39-37(29)41-35(28)30)24(5)25-12-6-7-13-25/h8-11,14-25H,6-7,12-13H2,1-5H3. The Morgan fingerprint density at radius 1 is 0.732 bits per heavy atom. The minimum atomic E-state index is 0.365. The van der Waals surface area contributed by atoms with Gasteiger partial charge in [0.05, 0.1) is 22.3 Å². The molecule has 7 rings (SSSR count). The van der Waals surface area contributed by atoms with Crippen LogP contribution in [0.5, 0.6) is 0 Å². The van der Waals surface area contributed by atoms with Gasteiger partial charge in [0.2, 0.25) is 5.71 Å². The number of hydrogen-bond acceptors (Lipinski definition) is 3. The number of fused-ring (bicyclic) bond motifs is 4. The summed E-state index contributed by atoms with van der Waals surface area (Å²) >= 11 is 0. The number of rotatable bonds is 6. The Labute approximate surface area is 242 Å². The molecule has 0 radical (unpaired) electrons. The number of benzene rings is 3. The molecule has 1 atom stereocenters. The van der Waals surface area contributed by atoms with Gasteiger partial charge >= 0.3 is 0 Å². The van der Waals surface area contributed by atoms with Crippen molar-refractivity contribution < 1.29 is 4.42 Å². The lowest BCUT2D eigenvalue weighted by Crippen LogP contribution is -2.08. The molecule has 0 spiro atoms. The van der Waals surface area contributed by atoms with Crippen molar-refractivity contribution >= 4 is 33.1 Å². The van der Waals surface area contributed by atoms with Gasteiger partial charge in [0.1, 0.15) is 11.4 Å². The molecular weight excluding hydrogens is 502 g/mol. The first-order chi connectivity index (χ1) is 19.9. The van der Waals surface area contributed by atoms with E-state index in [2.05, 4.69) is 112 Å². The molecule has 3 aromatic heterocycles. The van der Waals surface area contributed by atoms with Crippen LogP contribution in [0.25, 0.3) is 50.2 Å². The highest BCUT2D eigenvalue weighted by molar-refractivity contribution is 6.08. The first kappa shape index (κ1) is 26.0. The number of hydrogen-bond donors (Lipinski definition) is 0. The summed E-state index contributed by atoms with van der Waals surface area (Å²) in [6.45, 7) is 11.4. The van der Waals surface area contributed by atoms with Crippen molar-refractivity contribution in [1.29, 1.82) is 0 Å². The zero-order valence-corrected chi connectivity index (χ0v) is 24.8. The van der Waals surface area contributed by atoms with Gasteiger partial charge in [-0.15, -0.1) is 0 Å². The summed E-state index contributed by atoms with van der Waals surface area (Å²) in [6.07, 6.45) is 5.28. The maximum atomic E-state index is 6.67. The van der Waals surface area contributed by atoms with Gasteiger partial charge in [0.15, 0.2) is 0 Å². The Morgan fingerprint density at radius 3 is 2.17 bits per heavy atom. The Balaban J connectivity index is 1.48. The van der Waals surface area contributed by atoms with Crippen LogP contribution in [0.4, 0.5) is 0 Å². The van der Waals surface area contributed by atoms with E-state index < -0.39 is 0 Å². The molecule has 0 amide bonds. The topological polar surface area (TPSA) is 43.9 Å². The van der Waals surface area contributed by atoms with E-state index in [1.165, 1.54) is 42.5 Å². The lowest BCUT2D eigenvalue weighted by molar-refractivity contribution is 0.452. The lowest BCUT2D eigenvalue weighted by atomic mass is 9.89. The van der Waals surface area contributed by atoms with Gasteiger partial charge in [-0.3, -0.25) is 4.57 Å². The Morgan fingerprint density at radius 2 is 1.44 bits per heavy atom. The molecule has 1 saturated carbocycles. The molecule has 0 N–H and O–H groups in total. The quantitative estimate of drug-likeness (QED) is 0.211. The fourth-order valence-corrected chi connectivity index (χ4v) is 7.02. The van der Waals surface area contributed by atoms with Crippen molar-refractivity contribution in [3.05, 3.63) is 89.6 Å². The van der Waals surface area contributed by atoms with Crippen molar-refractivity contribution in [2.75, 3.05) is 0 Å². The van der Waals surface area contributed by atoms with Gasteiger partial charge in [0.25, 0.3) is 0 Å². The summed E-state index contributed by atoms with van der Waals surface area (Å²) < 4.78 is 9.05. The number of imidazole rings is 1. The summed E-state index contributed by atoms with van der Waals surface area (Å²) in [4.78, 5) is 10.4. The molecule has 3 heterocycles. The molecular formula is C37H39N3O. The maximum absolute atomic E-state index is 6.67. The minimum absolute atomic E-state index is 0.365. The molecule has 1 aliphatic rings. The van der Waals surface area contributed by atoms with E-state index in [9.17, 15) is 0 Å². The van der Waals surface area contributed by atoms with Crippen LogP contribution in [-0.4, -0.2) is 14.5 Å². The van der Waals surface area contributed by atoms with Crippen LogP contribution in [0.15, 0.2) is 77.2 Å². The fraction of sp³-hybridized carbons (Fsp3) is 0.351. The zero-order valence-electron chi connectivity index (χ0n) is 24.8. The van der Waals surface area contributed by atoms with Crippen LogP contribution in [0.3, 0.4) is 0 Å². The Hall–Kier alpha value is -3.92. The van der Waals surface area contributed by atoms with Gasteiger partial charge in [0, 0.05) is 22.4 Å². The van der Waals surface area contributed by atoms with Crippen LogP contribution in [0.1, 0.15) is 94.9 Å². The van der Waals surface area contributed by atoms with E-state index in [1.54, 1.807) is 0 Å². The molecule has 1 aliphatic carbocycles. The number of para-hydroxylation sites is 4. The van der Waals surface area contributed by atoms with Gasteiger partial charge in [-0.25, -0.2) is 9.97 Å². The van der Waals surface area contributed by atoms with Crippen molar-refractivity contribution in [2.24, 2.45) is 5.92 Å².